The van der Waals surface area contributed by atoms with Crippen molar-refractivity contribution in [3.8, 4) is 5.75 Å². The molecular weight excluding hydrogens is 274 g/mol. The van der Waals surface area contributed by atoms with Gasteiger partial charge in [-0.25, -0.2) is 0 Å². The molecule has 4 heteroatoms. The number of fused-ring (bicyclic) bond motifs is 1. The second-order valence-electron chi connectivity index (χ2n) is 4.69. The Labute approximate surface area is 122 Å². The van der Waals surface area contributed by atoms with Crippen LogP contribution in [0.25, 0.3) is 0 Å². The summed E-state index contributed by atoms with van der Waals surface area (Å²) in [7, 11) is 0. The van der Waals surface area contributed by atoms with Crippen molar-refractivity contribution in [3.63, 3.8) is 0 Å². The van der Waals surface area contributed by atoms with Crippen molar-refractivity contribution in [1.29, 1.82) is 0 Å². The Morgan fingerprint density at radius 2 is 2.00 bits per heavy atom. The second kappa shape index (κ2) is 5.55. The first-order chi connectivity index (χ1) is 9.74. The molecule has 3 nitrogen and oxygen atoms in total. The first-order valence-corrected chi connectivity index (χ1v) is 6.87. The summed E-state index contributed by atoms with van der Waals surface area (Å²) in [4.78, 5) is 14.3. The molecular formula is C16H14ClNO2. The first-order valence-electron chi connectivity index (χ1n) is 6.49. The topological polar surface area (TPSA) is 29.5 Å². The Morgan fingerprint density at radius 1 is 1.15 bits per heavy atom. The van der Waals surface area contributed by atoms with Crippen molar-refractivity contribution >= 4 is 17.5 Å². The lowest BCUT2D eigenvalue weighted by atomic mass is 10.1. The molecule has 0 saturated carbocycles. The van der Waals surface area contributed by atoms with Crippen LogP contribution in [0.5, 0.6) is 5.75 Å². The quantitative estimate of drug-likeness (QED) is 0.805. The van der Waals surface area contributed by atoms with Crippen LogP contribution in [-0.4, -0.2) is 24.0 Å². The van der Waals surface area contributed by atoms with E-state index in [1.807, 2.05) is 24.3 Å². The number of carbonyl (C=O) groups is 1. The van der Waals surface area contributed by atoms with E-state index in [0.717, 1.165) is 11.3 Å². The fourth-order valence-electron chi connectivity index (χ4n) is 2.30. The summed E-state index contributed by atoms with van der Waals surface area (Å²) < 4.78 is 5.67. The smallest absolute Gasteiger partial charge is 0.254 e. The molecule has 1 heterocycles. The zero-order valence-electron chi connectivity index (χ0n) is 10.9. The number of halogens is 1. The number of nitrogens with zero attached hydrogens (tertiary/aromatic N) is 1. The third-order valence-electron chi connectivity index (χ3n) is 3.31. The fourth-order valence-corrected chi connectivity index (χ4v) is 2.49. The van der Waals surface area contributed by atoms with Crippen LogP contribution >= 0.6 is 11.6 Å². The second-order valence-corrected chi connectivity index (χ2v) is 5.13. The minimum atomic E-state index is -0.0206. The van der Waals surface area contributed by atoms with Gasteiger partial charge in [0.25, 0.3) is 5.91 Å². The van der Waals surface area contributed by atoms with Crippen LogP contribution in [0.1, 0.15) is 15.9 Å². The zero-order valence-corrected chi connectivity index (χ0v) is 11.6. The van der Waals surface area contributed by atoms with Crippen LogP contribution in [0.4, 0.5) is 0 Å². The van der Waals surface area contributed by atoms with Crippen molar-refractivity contribution in [2.75, 3.05) is 13.2 Å². The maximum atomic E-state index is 12.5. The Balaban J connectivity index is 1.86. The van der Waals surface area contributed by atoms with Crippen LogP contribution in [-0.2, 0) is 6.54 Å². The van der Waals surface area contributed by atoms with Gasteiger partial charge in [-0.3, -0.25) is 4.79 Å². The Bertz CT molecular complexity index is 642. The average molecular weight is 288 g/mol. The fraction of sp³-hybridized carbons (Fsp3) is 0.188. The summed E-state index contributed by atoms with van der Waals surface area (Å²) >= 11 is 5.95. The monoisotopic (exact) mass is 287 g/mol. The van der Waals surface area contributed by atoms with Gasteiger partial charge in [-0.15, -0.1) is 0 Å². The van der Waals surface area contributed by atoms with Crippen molar-refractivity contribution in [2.24, 2.45) is 0 Å². The molecule has 0 saturated heterocycles. The predicted octanol–water partition coefficient (Wildman–Crippen LogP) is 3.37. The number of carbonyl (C=O) groups excluding carboxylic acids is 1. The number of para-hydroxylation sites is 1. The first kappa shape index (κ1) is 13.0. The van der Waals surface area contributed by atoms with Gasteiger partial charge >= 0.3 is 0 Å². The number of rotatable bonds is 1. The number of hydrogen-bond donors (Lipinski definition) is 0. The van der Waals surface area contributed by atoms with Crippen molar-refractivity contribution in [1.82, 2.24) is 4.90 Å². The van der Waals surface area contributed by atoms with Gasteiger partial charge in [-0.05, 0) is 24.3 Å². The van der Waals surface area contributed by atoms with E-state index in [1.165, 1.54) is 0 Å². The molecule has 3 rings (SSSR count). The molecule has 0 aliphatic carbocycles. The molecule has 1 aliphatic heterocycles. The van der Waals surface area contributed by atoms with Gasteiger partial charge in [0.2, 0.25) is 0 Å². The molecule has 0 bridgehead atoms. The van der Waals surface area contributed by atoms with Crippen LogP contribution < -0.4 is 4.74 Å². The van der Waals surface area contributed by atoms with Crippen molar-refractivity contribution in [3.05, 3.63) is 64.7 Å². The van der Waals surface area contributed by atoms with E-state index in [0.29, 0.717) is 30.3 Å². The van der Waals surface area contributed by atoms with Gasteiger partial charge in [0.05, 0.1) is 6.54 Å². The van der Waals surface area contributed by atoms with E-state index < -0.39 is 0 Å². The molecule has 0 aromatic heterocycles. The van der Waals surface area contributed by atoms with Crippen molar-refractivity contribution in [2.45, 2.75) is 6.54 Å². The number of benzene rings is 2. The van der Waals surface area contributed by atoms with Gasteiger partial charge in [0.15, 0.2) is 0 Å². The highest BCUT2D eigenvalue weighted by molar-refractivity contribution is 6.30. The summed E-state index contributed by atoms with van der Waals surface area (Å²) in [6, 6.07) is 14.8. The molecule has 20 heavy (non-hydrogen) atoms. The molecule has 0 radical (unpaired) electrons. The number of ether oxygens (including phenoxy) is 1. The Morgan fingerprint density at radius 3 is 2.85 bits per heavy atom. The average Bonchev–Trinajstić information content (AvgIpc) is 2.68. The lowest BCUT2D eigenvalue weighted by Gasteiger charge is -2.20. The highest BCUT2D eigenvalue weighted by atomic mass is 35.5. The third-order valence-corrected chi connectivity index (χ3v) is 3.55. The van der Waals surface area contributed by atoms with Gasteiger partial charge in [-0.1, -0.05) is 35.9 Å². The van der Waals surface area contributed by atoms with E-state index in [4.69, 9.17) is 16.3 Å². The summed E-state index contributed by atoms with van der Waals surface area (Å²) in [5.41, 5.74) is 1.64. The minimum absolute atomic E-state index is 0.0206. The Kier molecular flexibility index (Phi) is 3.61. The minimum Gasteiger partial charge on any atom is -0.491 e. The van der Waals surface area contributed by atoms with Crippen LogP contribution in [0.15, 0.2) is 48.5 Å². The molecule has 1 amide bonds. The van der Waals surface area contributed by atoms with Crippen LogP contribution in [0.2, 0.25) is 5.02 Å². The lowest BCUT2D eigenvalue weighted by Crippen LogP contribution is -2.32. The molecule has 0 unspecified atom stereocenters. The largest absolute Gasteiger partial charge is 0.491 e. The molecule has 2 aromatic rings. The highest BCUT2D eigenvalue weighted by Gasteiger charge is 2.20. The molecule has 0 fully saturated rings. The molecule has 1 aliphatic rings. The summed E-state index contributed by atoms with van der Waals surface area (Å²) in [5, 5.41) is 0.572. The number of amides is 1. The van der Waals surface area contributed by atoms with E-state index in [9.17, 15) is 4.79 Å². The normalized spacial score (nSPS) is 14.2. The molecule has 102 valence electrons. The van der Waals surface area contributed by atoms with Crippen molar-refractivity contribution < 1.29 is 9.53 Å². The Hall–Kier alpha value is -2.00. The van der Waals surface area contributed by atoms with Gasteiger partial charge in [-0.2, -0.15) is 0 Å². The molecule has 2 aromatic carbocycles. The lowest BCUT2D eigenvalue weighted by molar-refractivity contribution is 0.0733. The molecule has 0 spiro atoms. The van der Waals surface area contributed by atoms with Crippen LogP contribution in [0.3, 0.4) is 0 Å². The maximum Gasteiger partial charge on any atom is 0.254 e. The predicted molar refractivity (Wildman–Crippen MR) is 78.1 cm³/mol. The van der Waals surface area contributed by atoms with E-state index >= 15 is 0 Å². The van der Waals surface area contributed by atoms with E-state index in [-0.39, 0.29) is 5.91 Å². The van der Waals surface area contributed by atoms with Gasteiger partial charge in [0, 0.05) is 22.7 Å². The molecule has 0 atom stereocenters. The highest BCUT2D eigenvalue weighted by Crippen LogP contribution is 2.23. The maximum absolute atomic E-state index is 12.5. The van der Waals surface area contributed by atoms with E-state index in [2.05, 4.69) is 0 Å². The van der Waals surface area contributed by atoms with Gasteiger partial charge < -0.3 is 9.64 Å². The summed E-state index contributed by atoms with van der Waals surface area (Å²) in [5.74, 6) is 0.835. The SMILES string of the molecule is O=C(c1cccc(Cl)c1)N1CCOc2ccccc2C1. The van der Waals surface area contributed by atoms with Crippen LogP contribution in [0, 0.1) is 0 Å². The summed E-state index contributed by atoms with van der Waals surface area (Å²) in [6.07, 6.45) is 0. The summed E-state index contributed by atoms with van der Waals surface area (Å²) in [6.45, 7) is 1.63. The van der Waals surface area contributed by atoms with E-state index in [1.54, 1.807) is 29.2 Å². The zero-order chi connectivity index (χ0) is 13.9. The third kappa shape index (κ3) is 2.63. The van der Waals surface area contributed by atoms with Gasteiger partial charge in [0.1, 0.15) is 12.4 Å². The number of hydrogen-bond acceptors (Lipinski definition) is 2. The standard InChI is InChI=1S/C16H14ClNO2/c17-14-6-3-5-12(10-14)16(19)18-8-9-20-15-7-2-1-4-13(15)11-18/h1-7,10H,8-9,11H2. The molecule has 0 N–H and O–H groups in total.